The number of phenolic OH excluding ortho intramolecular Hbond substituents is 3. The maximum absolute atomic E-state index is 12.3. The largest absolute Gasteiger partial charge is 0.504 e. The van der Waals surface area contributed by atoms with Crippen LogP contribution in [0.15, 0.2) is 36.4 Å². The van der Waals surface area contributed by atoms with E-state index in [1.807, 2.05) is 0 Å². The topological polar surface area (TPSA) is 87.0 Å². The minimum atomic E-state index is -0.722. The maximum atomic E-state index is 12.3. The van der Waals surface area contributed by atoms with E-state index >= 15 is 0 Å². The van der Waals surface area contributed by atoms with Crippen LogP contribution in [0, 0.1) is 0 Å². The standard InChI is InChI=1S/C14H12O5/c1-19-11-5-3-2-4-8(11)12(16)9-6-7-10(15)14(18)13(9)17/h2-7,15,17-18H,1H3. The molecule has 0 heterocycles. The minimum Gasteiger partial charge on any atom is -0.504 e. The molecule has 0 aliphatic heterocycles. The van der Waals surface area contributed by atoms with E-state index in [4.69, 9.17) is 4.74 Å². The number of ketones is 1. The fourth-order valence-corrected chi connectivity index (χ4v) is 1.73. The summed E-state index contributed by atoms with van der Waals surface area (Å²) in [6, 6.07) is 8.91. The molecule has 2 aromatic carbocycles. The Labute approximate surface area is 109 Å². The second-order valence-electron chi connectivity index (χ2n) is 3.86. The normalized spacial score (nSPS) is 10.2. The highest BCUT2D eigenvalue weighted by Gasteiger charge is 2.20. The molecule has 0 bridgehead atoms. The summed E-state index contributed by atoms with van der Waals surface area (Å²) in [4.78, 5) is 12.3. The molecule has 0 saturated heterocycles. The number of para-hydroxylation sites is 1. The molecule has 2 rings (SSSR count). The van der Waals surface area contributed by atoms with Crippen molar-refractivity contribution in [2.24, 2.45) is 0 Å². The minimum absolute atomic E-state index is 0.111. The third kappa shape index (κ3) is 2.18. The average Bonchev–Trinajstić information content (AvgIpc) is 2.44. The molecule has 0 spiro atoms. The first-order valence-electron chi connectivity index (χ1n) is 5.48. The lowest BCUT2D eigenvalue weighted by Crippen LogP contribution is -2.04. The molecule has 0 atom stereocenters. The van der Waals surface area contributed by atoms with Crippen LogP contribution >= 0.6 is 0 Å². The maximum Gasteiger partial charge on any atom is 0.201 e. The first-order chi connectivity index (χ1) is 9.06. The summed E-state index contributed by atoms with van der Waals surface area (Å²) >= 11 is 0. The monoisotopic (exact) mass is 260 g/mol. The van der Waals surface area contributed by atoms with E-state index in [-0.39, 0.29) is 11.1 Å². The van der Waals surface area contributed by atoms with Crippen LogP contribution in [-0.2, 0) is 0 Å². The highest BCUT2D eigenvalue weighted by atomic mass is 16.5. The number of carbonyl (C=O) groups excluding carboxylic acids is 1. The Hall–Kier alpha value is -2.69. The van der Waals surface area contributed by atoms with Crippen molar-refractivity contribution in [2.75, 3.05) is 7.11 Å². The van der Waals surface area contributed by atoms with Gasteiger partial charge < -0.3 is 20.1 Å². The van der Waals surface area contributed by atoms with Crippen LogP contribution in [0.3, 0.4) is 0 Å². The number of phenols is 3. The van der Waals surface area contributed by atoms with Crippen molar-refractivity contribution < 1.29 is 24.9 Å². The molecular weight excluding hydrogens is 248 g/mol. The lowest BCUT2D eigenvalue weighted by atomic mass is 10.0. The summed E-state index contributed by atoms with van der Waals surface area (Å²) in [7, 11) is 1.43. The highest BCUT2D eigenvalue weighted by Crippen LogP contribution is 2.38. The van der Waals surface area contributed by atoms with Crippen molar-refractivity contribution in [1.82, 2.24) is 0 Å². The fourth-order valence-electron chi connectivity index (χ4n) is 1.73. The molecule has 0 unspecified atom stereocenters. The highest BCUT2D eigenvalue weighted by molar-refractivity contribution is 6.12. The third-order valence-corrected chi connectivity index (χ3v) is 2.73. The van der Waals surface area contributed by atoms with E-state index in [0.29, 0.717) is 5.75 Å². The Balaban J connectivity index is 2.54. The molecule has 2 aromatic rings. The Morgan fingerprint density at radius 3 is 2.32 bits per heavy atom. The fraction of sp³-hybridized carbons (Fsp3) is 0.0714. The number of rotatable bonds is 3. The Kier molecular flexibility index (Phi) is 3.29. The van der Waals surface area contributed by atoms with E-state index in [1.165, 1.54) is 13.2 Å². The van der Waals surface area contributed by atoms with Gasteiger partial charge in [-0.3, -0.25) is 4.79 Å². The van der Waals surface area contributed by atoms with Crippen molar-refractivity contribution in [3.8, 4) is 23.0 Å². The summed E-state index contributed by atoms with van der Waals surface area (Å²) in [5.74, 6) is -2.02. The van der Waals surface area contributed by atoms with Crippen molar-refractivity contribution in [3.63, 3.8) is 0 Å². The van der Waals surface area contributed by atoms with Crippen LogP contribution in [-0.4, -0.2) is 28.2 Å². The first-order valence-corrected chi connectivity index (χ1v) is 5.48. The molecule has 0 amide bonds. The second kappa shape index (κ2) is 4.89. The molecule has 0 aliphatic rings. The first kappa shape index (κ1) is 12.8. The molecular formula is C14H12O5. The molecule has 3 N–H and O–H groups in total. The third-order valence-electron chi connectivity index (χ3n) is 2.73. The molecule has 0 fully saturated rings. The van der Waals surface area contributed by atoms with Crippen LogP contribution < -0.4 is 4.74 Å². The average molecular weight is 260 g/mol. The quantitative estimate of drug-likeness (QED) is 0.580. The van der Waals surface area contributed by atoms with Gasteiger partial charge in [-0.15, -0.1) is 0 Å². The van der Waals surface area contributed by atoms with Crippen molar-refractivity contribution >= 4 is 5.78 Å². The summed E-state index contributed by atoms with van der Waals surface area (Å²) in [5, 5.41) is 28.4. The number of ether oxygens (including phenoxy) is 1. The zero-order valence-electron chi connectivity index (χ0n) is 10.1. The predicted octanol–water partition coefficient (Wildman–Crippen LogP) is 2.04. The lowest BCUT2D eigenvalue weighted by Gasteiger charge is -2.09. The van der Waals surface area contributed by atoms with Gasteiger partial charge in [0.2, 0.25) is 11.5 Å². The number of carbonyl (C=O) groups is 1. The van der Waals surface area contributed by atoms with Gasteiger partial charge in [-0.25, -0.2) is 0 Å². The van der Waals surface area contributed by atoms with Gasteiger partial charge in [0.05, 0.1) is 18.2 Å². The predicted molar refractivity (Wildman–Crippen MR) is 67.9 cm³/mol. The van der Waals surface area contributed by atoms with E-state index in [9.17, 15) is 20.1 Å². The molecule has 19 heavy (non-hydrogen) atoms. The van der Waals surface area contributed by atoms with E-state index < -0.39 is 23.0 Å². The lowest BCUT2D eigenvalue weighted by molar-refractivity contribution is 0.103. The van der Waals surface area contributed by atoms with Gasteiger partial charge >= 0.3 is 0 Å². The van der Waals surface area contributed by atoms with Gasteiger partial charge in [0.25, 0.3) is 0 Å². The number of hydrogen-bond donors (Lipinski definition) is 3. The molecule has 0 aliphatic carbocycles. The molecule has 5 heteroatoms. The van der Waals surface area contributed by atoms with Crippen molar-refractivity contribution in [2.45, 2.75) is 0 Å². The summed E-state index contributed by atoms with van der Waals surface area (Å²) in [6.07, 6.45) is 0. The van der Waals surface area contributed by atoms with Crippen molar-refractivity contribution in [3.05, 3.63) is 47.5 Å². The Bertz CT molecular complexity index is 634. The molecule has 0 aromatic heterocycles. The molecule has 98 valence electrons. The van der Waals surface area contributed by atoms with Crippen LogP contribution in [0.25, 0.3) is 0 Å². The van der Waals surface area contributed by atoms with Crippen LogP contribution in [0.5, 0.6) is 23.0 Å². The zero-order valence-corrected chi connectivity index (χ0v) is 10.1. The summed E-state index contributed by atoms with van der Waals surface area (Å²) in [6.45, 7) is 0. The van der Waals surface area contributed by atoms with Gasteiger partial charge in [-0.05, 0) is 24.3 Å². The SMILES string of the molecule is COc1ccccc1C(=O)c1ccc(O)c(O)c1O. The number of methoxy groups -OCH3 is 1. The van der Waals surface area contributed by atoms with Crippen molar-refractivity contribution in [1.29, 1.82) is 0 Å². The van der Waals surface area contributed by atoms with Gasteiger partial charge in [0.1, 0.15) is 5.75 Å². The number of aromatic hydroxyl groups is 3. The van der Waals surface area contributed by atoms with E-state index in [1.54, 1.807) is 24.3 Å². The van der Waals surface area contributed by atoms with Gasteiger partial charge in [0.15, 0.2) is 11.5 Å². The number of hydrogen-bond acceptors (Lipinski definition) is 5. The van der Waals surface area contributed by atoms with Crippen LogP contribution in [0.1, 0.15) is 15.9 Å². The smallest absolute Gasteiger partial charge is 0.201 e. The van der Waals surface area contributed by atoms with Gasteiger partial charge in [-0.2, -0.15) is 0 Å². The molecule has 5 nitrogen and oxygen atoms in total. The molecule has 0 saturated carbocycles. The van der Waals surface area contributed by atoms with E-state index in [0.717, 1.165) is 6.07 Å². The zero-order chi connectivity index (χ0) is 14.0. The Morgan fingerprint density at radius 1 is 0.947 bits per heavy atom. The van der Waals surface area contributed by atoms with Crippen LogP contribution in [0.2, 0.25) is 0 Å². The van der Waals surface area contributed by atoms with Gasteiger partial charge in [0, 0.05) is 0 Å². The summed E-state index contributed by atoms with van der Waals surface area (Å²) in [5.41, 5.74) is 0.144. The number of benzene rings is 2. The van der Waals surface area contributed by atoms with E-state index in [2.05, 4.69) is 0 Å². The molecule has 0 radical (unpaired) electrons. The van der Waals surface area contributed by atoms with Crippen LogP contribution in [0.4, 0.5) is 0 Å². The Morgan fingerprint density at radius 2 is 1.63 bits per heavy atom. The second-order valence-corrected chi connectivity index (χ2v) is 3.86. The summed E-state index contributed by atoms with van der Waals surface area (Å²) < 4.78 is 5.07. The van der Waals surface area contributed by atoms with Gasteiger partial charge in [-0.1, -0.05) is 12.1 Å².